The van der Waals surface area contributed by atoms with Crippen molar-refractivity contribution in [3.63, 3.8) is 0 Å². The summed E-state index contributed by atoms with van der Waals surface area (Å²) < 4.78 is 19.4. The van der Waals surface area contributed by atoms with E-state index in [2.05, 4.69) is 4.90 Å². The molecule has 1 aromatic carbocycles. The number of nitrogens with zero attached hydrogens (tertiary/aromatic N) is 3. The molecule has 0 saturated carbocycles. The number of anilines is 1. The Balaban J connectivity index is 1.62. The fraction of sp³-hybridized carbons (Fsp3) is 0.600. The van der Waals surface area contributed by atoms with Crippen LogP contribution in [0.25, 0.3) is 0 Å². The Hall–Kier alpha value is -1.73. The van der Waals surface area contributed by atoms with E-state index in [1.165, 1.54) is 12.1 Å². The Kier molecular flexibility index (Phi) is 4.54. The lowest BCUT2D eigenvalue weighted by atomic mass is 10.0. The monoisotopic (exact) mass is 309 g/mol. The van der Waals surface area contributed by atoms with Crippen LogP contribution in [0.4, 0.5) is 15.8 Å². The smallest absolute Gasteiger partial charge is 0.272 e. The van der Waals surface area contributed by atoms with Crippen LogP contribution in [-0.4, -0.2) is 55.3 Å². The van der Waals surface area contributed by atoms with E-state index in [0.29, 0.717) is 11.7 Å². The Bertz CT molecular complexity index is 541. The Labute approximate surface area is 128 Å². The van der Waals surface area contributed by atoms with Crippen LogP contribution in [-0.2, 0) is 4.74 Å². The van der Waals surface area contributed by atoms with Gasteiger partial charge < -0.3 is 9.64 Å². The van der Waals surface area contributed by atoms with E-state index in [1.54, 1.807) is 0 Å². The van der Waals surface area contributed by atoms with E-state index in [1.807, 2.05) is 4.90 Å². The summed E-state index contributed by atoms with van der Waals surface area (Å²) in [5, 5.41) is 10.7. The van der Waals surface area contributed by atoms with Gasteiger partial charge in [-0.2, -0.15) is 0 Å². The molecule has 0 unspecified atom stereocenters. The molecule has 3 rings (SSSR count). The molecule has 0 bridgehead atoms. The average molecular weight is 309 g/mol. The van der Waals surface area contributed by atoms with Crippen LogP contribution in [0.3, 0.4) is 0 Å². The maximum atomic E-state index is 14.1. The molecule has 1 aromatic rings. The highest BCUT2D eigenvalue weighted by molar-refractivity contribution is 5.52. The van der Waals surface area contributed by atoms with Crippen molar-refractivity contribution < 1.29 is 14.1 Å². The van der Waals surface area contributed by atoms with Crippen LogP contribution in [0.5, 0.6) is 0 Å². The summed E-state index contributed by atoms with van der Waals surface area (Å²) in [5.41, 5.74) is 0.260. The quantitative estimate of drug-likeness (QED) is 0.631. The van der Waals surface area contributed by atoms with Crippen LogP contribution in [0.1, 0.15) is 12.8 Å². The highest BCUT2D eigenvalue weighted by atomic mass is 19.1. The van der Waals surface area contributed by atoms with Gasteiger partial charge in [0.2, 0.25) is 0 Å². The predicted molar refractivity (Wildman–Crippen MR) is 80.7 cm³/mol. The zero-order valence-electron chi connectivity index (χ0n) is 12.4. The largest absolute Gasteiger partial charge is 0.379 e. The van der Waals surface area contributed by atoms with Crippen molar-refractivity contribution in [3.8, 4) is 0 Å². The van der Waals surface area contributed by atoms with Gasteiger partial charge in [-0.1, -0.05) is 0 Å². The first-order valence-corrected chi connectivity index (χ1v) is 7.66. The maximum absolute atomic E-state index is 14.1. The third-order valence-electron chi connectivity index (χ3n) is 4.51. The third kappa shape index (κ3) is 3.20. The number of non-ortho nitro benzene ring substituents is 1. The first-order valence-electron chi connectivity index (χ1n) is 7.66. The molecule has 120 valence electrons. The SMILES string of the molecule is O=[N+]([O-])c1ccc(N2CCC(N3CCOCC3)CC2)c(F)c1. The molecule has 0 aliphatic carbocycles. The number of benzene rings is 1. The molecule has 0 amide bonds. The van der Waals surface area contributed by atoms with Crippen molar-refractivity contribution in [2.45, 2.75) is 18.9 Å². The zero-order valence-corrected chi connectivity index (χ0v) is 12.4. The second kappa shape index (κ2) is 6.58. The minimum atomic E-state index is -0.572. The summed E-state index contributed by atoms with van der Waals surface area (Å²) in [6.45, 7) is 5.06. The van der Waals surface area contributed by atoms with Crippen molar-refractivity contribution in [1.29, 1.82) is 0 Å². The summed E-state index contributed by atoms with van der Waals surface area (Å²) in [5.74, 6) is -0.515. The number of nitro groups is 1. The minimum Gasteiger partial charge on any atom is -0.379 e. The second-order valence-corrected chi connectivity index (χ2v) is 5.76. The van der Waals surface area contributed by atoms with E-state index in [-0.39, 0.29) is 5.69 Å². The number of hydrogen-bond donors (Lipinski definition) is 0. The first-order chi connectivity index (χ1) is 10.6. The van der Waals surface area contributed by atoms with Crippen molar-refractivity contribution in [1.82, 2.24) is 4.90 Å². The average Bonchev–Trinajstić information content (AvgIpc) is 2.56. The van der Waals surface area contributed by atoms with E-state index in [4.69, 9.17) is 4.74 Å². The molecular formula is C15H20FN3O3. The van der Waals surface area contributed by atoms with Crippen LogP contribution in [0.15, 0.2) is 18.2 Å². The van der Waals surface area contributed by atoms with Gasteiger partial charge in [0.25, 0.3) is 5.69 Å². The molecule has 0 aromatic heterocycles. The highest BCUT2D eigenvalue weighted by Crippen LogP contribution is 2.28. The molecule has 0 atom stereocenters. The fourth-order valence-electron chi connectivity index (χ4n) is 3.28. The van der Waals surface area contributed by atoms with Crippen LogP contribution >= 0.6 is 0 Å². The van der Waals surface area contributed by atoms with Gasteiger partial charge in [-0.15, -0.1) is 0 Å². The minimum absolute atomic E-state index is 0.204. The van der Waals surface area contributed by atoms with Gasteiger partial charge in [0.1, 0.15) is 0 Å². The standard InChI is InChI=1S/C15H20FN3O3/c16-14-11-13(19(20)21)1-2-15(14)18-5-3-12(4-6-18)17-7-9-22-10-8-17/h1-2,11-12H,3-10H2. The molecule has 2 saturated heterocycles. The van der Waals surface area contributed by atoms with Crippen molar-refractivity contribution in [2.24, 2.45) is 0 Å². The number of rotatable bonds is 3. The predicted octanol–water partition coefficient (Wildman–Crippen LogP) is 2.03. The number of piperidine rings is 1. The molecule has 2 aliphatic heterocycles. The van der Waals surface area contributed by atoms with Gasteiger partial charge in [0, 0.05) is 38.3 Å². The van der Waals surface area contributed by atoms with E-state index in [0.717, 1.165) is 58.3 Å². The molecule has 0 spiro atoms. The molecule has 6 nitrogen and oxygen atoms in total. The molecule has 0 radical (unpaired) electrons. The van der Waals surface area contributed by atoms with E-state index >= 15 is 0 Å². The second-order valence-electron chi connectivity index (χ2n) is 5.76. The summed E-state index contributed by atoms with van der Waals surface area (Å²) in [7, 11) is 0. The zero-order chi connectivity index (χ0) is 15.5. The van der Waals surface area contributed by atoms with Gasteiger partial charge in [0.05, 0.1) is 29.9 Å². The van der Waals surface area contributed by atoms with Gasteiger partial charge in [-0.05, 0) is 18.9 Å². The lowest BCUT2D eigenvalue weighted by Crippen LogP contribution is -2.49. The molecule has 0 N–H and O–H groups in total. The number of halogens is 1. The van der Waals surface area contributed by atoms with Crippen molar-refractivity contribution >= 4 is 11.4 Å². The Morgan fingerprint density at radius 1 is 1.18 bits per heavy atom. The van der Waals surface area contributed by atoms with Crippen LogP contribution in [0, 0.1) is 15.9 Å². The maximum Gasteiger partial charge on any atom is 0.272 e. The molecule has 2 fully saturated rings. The number of ether oxygens (including phenoxy) is 1. The first kappa shape index (κ1) is 15.2. The lowest BCUT2D eigenvalue weighted by Gasteiger charge is -2.40. The van der Waals surface area contributed by atoms with E-state index < -0.39 is 10.7 Å². The van der Waals surface area contributed by atoms with E-state index in [9.17, 15) is 14.5 Å². The molecule has 2 heterocycles. The summed E-state index contributed by atoms with van der Waals surface area (Å²) in [6.07, 6.45) is 1.97. The van der Waals surface area contributed by atoms with Crippen LogP contribution < -0.4 is 4.90 Å². The molecule has 7 heteroatoms. The lowest BCUT2D eigenvalue weighted by molar-refractivity contribution is -0.385. The fourth-order valence-corrected chi connectivity index (χ4v) is 3.28. The highest BCUT2D eigenvalue weighted by Gasteiger charge is 2.27. The Morgan fingerprint density at radius 2 is 1.86 bits per heavy atom. The molecule has 2 aliphatic rings. The van der Waals surface area contributed by atoms with Gasteiger partial charge in [0.15, 0.2) is 5.82 Å². The van der Waals surface area contributed by atoms with Crippen molar-refractivity contribution in [2.75, 3.05) is 44.3 Å². The van der Waals surface area contributed by atoms with Crippen LogP contribution in [0.2, 0.25) is 0 Å². The number of nitro benzene ring substituents is 1. The van der Waals surface area contributed by atoms with Gasteiger partial charge in [-0.3, -0.25) is 15.0 Å². The van der Waals surface area contributed by atoms with Gasteiger partial charge in [-0.25, -0.2) is 4.39 Å². The summed E-state index contributed by atoms with van der Waals surface area (Å²) in [6, 6.07) is 4.42. The Morgan fingerprint density at radius 3 is 2.45 bits per heavy atom. The summed E-state index contributed by atoms with van der Waals surface area (Å²) >= 11 is 0. The summed E-state index contributed by atoms with van der Waals surface area (Å²) in [4.78, 5) is 14.5. The van der Waals surface area contributed by atoms with Gasteiger partial charge >= 0.3 is 0 Å². The van der Waals surface area contributed by atoms with Crippen molar-refractivity contribution in [3.05, 3.63) is 34.1 Å². The molecular weight excluding hydrogens is 289 g/mol. The normalized spacial score (nSPS) is 21.0. The number of hydrogen-bond acceptors (Lipinski definition) is 5. The topological polar surface area (TPSA) is 58.9 Å². The molecule has 22 heavy (non-hydrogen) atoms. The number of morpholine rings is 1. The third-order valence-corrected chi connectivity index (χ3v) is 4.51.